The molecule has 0 radical (unpaired) electrons. The molecule has 5 heteroatoms. The lowest BCUT2D eigenvalue weighted by Gasteiger charge is -2.13. The van der Waals surface area contributed by atoms with E-state index in [0.717, 1.165) is 82.6 Å². The molecule has 0 saturated heterocycles. The van der Waals surface area contributed by atoms with E-state index in [1.165, 1.54) is 26.9 Å². The van der Waals surface area contributed by atoms with Crippen molar-refractivity contribution in [3.05, 3.63) is 206 Å². The Balaban J connectivity index is 1.06. The van der Waals surface area contributed by atoms with Gasteiger partial charge in [-0.2, -0.15) is 0 Å². The molecule has 0 bridgehead atoms. The number of fused-ring (bicyclic) bond motifs is 10. The van der Waals surface area contributed by atoms with Gasteiger partial charge in [0, 0.05) is 38.4 Å². The van der Waals surface area contributed by atoms with E-state index in [1.54, 1.807) is 0 Å². The Morgan fingerprint density at radius 1 is 0.323 bits per heavy atom. The summed E-state index contributed by atoms with van der Waals surface area (Å²) >= 11 is 0. The highest BCUT2D eigenvalue weighted by Crippen LogP contribution is 2.42. The predicted molar refractivity (Wildman–Crippen MR) is 256 cm³/mol. The molecule has 5 nitrogen and oxygen atoms in total. The van der Waals surface area contributed by atoms with Crippen molar-refractivity contribution in [2.45, 2.75) is 0 Å². The highest BCUT2D eigenvalue weighted by Gasteiger charge is 2.22. The van der Waals surface area contributed by atoms with Crippen molar-refractivity contribution in [3.8, 4) is 51.0 Å². The van der Waals surface area contributed by atoms with E-state index in [-0.39, 0.29) is 0 Å². The maximum absolute atomic E-state index is 6.73. The third-order valence-electron chi connectivity index (χ3n) is 12.4. The van der Waals surface area contributed by atoms with Crippen LogP contribution in [0.15, 0.2) is 211 Å². The average Bonchev–Trinajstić information content (AvgIpc) is 3.88. The second-order valence-corrected chi connectivity index (χ2v) is 16.0. The van der Waals surface area contributed by atoms with E-state index in [9.17, 15) is 0 Å². The second kappa shape index (κ2) is 13.6. The van der Waals surface area contributed by atoms with E-state index in [4.69, 9.17) is 19.4 Å². The molecule has 0 aliphatic heterocycles. The van der Waals surface area contributed by atoms with Crippen molar-refractivity contribution in [2.75, 3.05) is 0 Å². The molecule has 0 aliphatic rings. The lowest BCUT2D eigenvalue weighted by Crippen LogP contribution is -2.01. The summed E-state index contributed by atoms with van der Waals surface area (Å²) < 4.78 is 9.06. The summed E-state index contributed by atoms with van der Waals surface area (Å²) in [6.07, 6.45) is 0. The Bertz CT molecular complexity index is 3940. The maximum Gasteiger partial charge on any atom is 0.168 e. The van der Waals surface area contributed by atoms with Crippen LogP contribution in [0.4, 0.5) is 0 Å². The molecule has 10 aromatic carbocycles. The molecule has 3 heterocycles. The molecule has 0 unspecified atom stereocenters. The van der Waals surface area contributed by atoms with E-state index in [0.29, 0.717) is 17.5 Å². The van der Waals surface area contributed by atoms with Gasteiger partial charge < -0.3 is 8.98 Å². The van der Waals surface area contributed by atoms with Crippen LogP contribution >= 0.6 is 0 Å². The van der Waals surface area contributed by atoms with Crippen LogP contribution in [-0.4, -0.2) is 19.5 Å². The van der Waals surface area contributed by atoms with Crippen LogP contribution < -0.4 is 0 Å². The fourth-order valence-corrected chi connectivity index (χ4v) is 9.48. The topological polar surface area (TPSA) is 56.7 Å². The SMILES string of the molecule is c1ccc(-n2c3ccccc3c3ccc(-c4nc(-c5cccc(-c6ccc7ccc8ccccc8c7c6)c5)nc(-c5c6ccccc6cc6c5oc5ccccc56)n4)cc32)cc1. The summed E-state index contributed by atoms with van der Waals surface area (Å²) in [5.74, 6) is 1.72. The van der Waals surface area contributed by atoms with Crippen molar-refractivity contribution >= 4 is 76.1 Å². The molecule has 0 aliphatic carbocycles. The van der Waals surface area contributed by atoms with Gasteiger partial charge in [0.15, 0.2) is 17.5 Å². The van der Waals surface area contributed by atoms with Gasteiger partial charge in [0.05, 0.1) is 16.6 Å². The molecular weight excluding hydrogens is 757 g/mol. The van der Waals surface area contributed by atoms with Crippen molar-refractivity contribution in [3.63, 3.8) is 0 Å². The van der Waals surface area contributed by atoms with E-state index in [1.807, 2.05) is 12.1 Å². The normalized spacial score (nSPS) is 11.9. The number of hydrogen-bond donors (Lipinski definition) is 0. The summed E-state index contributed by atoms with van der Waals surface area (Å²) in [6, 6.07) is 72.8. The molecule has 13 aromatic rings. The van der Waals surface area contributed by atoms with Crippen LogP contribution in [0.3, 0.4) is 0 Å². The van der Waals surface area contributed by atoms with Crippen LogP contribution in [0.5, 0.6) is 0 Å². The van der Waals surface area contributed by atoms with Crippen molar-refractivity contribution in [1.29, 1.82) is 0 Å². The number of hydrogen-bond acceptors (Lipinski definition) is 4. The predicted octanol–water partition coefficient (Wildman–Crippen LogP) is 15.0. The number of benzene rings is 10. The molecule has 0 atom stereocenters. The Labute approximate surface area is 355 Å². The summed E-state index contributed by atoms with van der Waals surface area (Å²) in [6.45, 7) is 0. The lowest BCUT2D eigenvalue weighted by atomic mass is 9.96. The number of aromatic nitrogens is 4. The van der Waals surface area contributed by atoms with Gasteiger partial charge in [0.2, 0.25) is 0 Å². The second-order valence-electron chi connectivity index (χ2n) is 16.0. The maximum atomic E-state index is 6.73. The Morgan fingerprint density at radius 3 is 1.77 bits per heavy atom. The fraction of sp³-hybridized carbons (Fsp3) is 0. The lowest BCUT2D eigenvalue weighted by molar-refractivity contribution is 0.670. The minimum Gasteiger partial charge on any atom is -0.455 e. The van der Waals surface area contributed by atoms with Gasteiger partial charge >= 0.3 is 0 Å². The van der Waals surface area contributed by atoms with Crippen molar-refractivity contribution in [2.24, 2.45) is 0 Å². The minimum absolute atomic E-state index is 0.553. The molecule has 3 aromatic heterocycles. The molecule has 62 heavy (non-hydrogen) atoms. The van der Waals surface area contributed by atoms with Gasteiger partial charge in [0.25, 0.3) is 0 Å². The van der Waals surface area contributed by atoms with E-state index >= 15 is 0 Å². The minimum atomic E-state index is 0.553. The summed E-state index contributed by atoms with van der Waals surface area (Å²) in [4.78, 5) is 16.1. The third kappa shape index (κ3) is 5.38. The van der Waals surface area contributed by atoms with Gasteiger partial charge in [-0.3, -0.25) is 0 Å². The Hall–Kier alpha value is -8.41. The highest BCUT2D eigenvalue weighted by atomic mass is 16.3. The zero-order chi connectivity index (χ0) is 40.7. The molecule has 0 N–H and O–H groups in total. The molecule has 0 fully saturated rings. The fourth-order valence-electron chi connectivity index (χ4n) is 9.48. The number of rotatable bonds is 5. The Kier molecular flexibility index (Phi) is 7.54. The van der Waals surface area contributed by atoms with Crippen molar-refractivity contribution < 1.29 is 4.42 Å². The molecule has 0 spiro atoms. The van der Waals surface area contributed by atoms with E-state index in [2.05, 4.69) is 199 Å². The highest BCUT2D eigenvalue weighted by molar-refractivity contribution is 6.18. The van der Waals surface area contributed by atoms with E-state index < -0.39 is 0 Å². The molecule has 13 rings (SSSR count). The molecule has 0 saturated carbocycles. The first-order valence-electron chi connectivity index (χ1n) is 20.9. The zero-order valence-electron chi connectivity index (χ0n) is 33.3. The quantitative estimate of drug-likeness (QED) is 0.163. The van der Waals surface area contributed by atoms with Gasteiger partial charge in [0.1, 0.15) is 11.2 Å². The number of nitrogens with zero attached hydrogens (tertiary/aromatic N) is 4. The largest absolute Gasteiger partial charge is 0.455 e. The van der Waals surface area contributed by atoms with Crippen LogP contribution in [0.2, 0.25) is 0 Å². The average molecular weight is 791 g/mol. The first kappa shape index (κ1) is 34.5. The monoisotopic (exact) mass is 790 g/mol. The third-order valence-corrected chi connectivity index (χ3v) is 12.4. The van der Waals surface area contributed by atoms with Crippen LogP contribution in [0.1, 0.15) is 0 Å². The summed E-state index contributed by atoms with van der Waals surface area (Å²) in [5, 5.41) is 11.4. The van der Waals surface area contributed by atoms with Gasteiger partial charge in [-0.15, -0.1) is 0 Å². The number of furan rings is 1. The van der Waals surface area contributed by atoms with Gasteiger partial charge in [-0.05, 0) is 92.0 Å². The number of para-hydroxylation sites is 3. The van der Waals surface area contributed by atoms with Crippen molar-refractivity contribution in [1.82, 2.24) is 19.5 Å². The van der Waals surface area contributed by atoms with Crippen LogP contribution in [-0.2, 0) is 0 Å². The standard InChI is InChI=1S/C57H34N4O/c1-2-17-42(18-3-1)61-50-23-10-8-21-45(50)46-30-29-41(34-51(46)61)56-58-55(40-16-12-15-37(31-40)38-28-27-36-26-25-35-13-4-6-19-43(35)48(36)32-38)59-57(60-56)53-44-20-7-5-14-39(44)33-49-47-22-9-11-24-52(47)62-54(49)53/h1-34H. The summed E-state index contributed by atoms with van der Waals surface area (Å²) in [7, 11) is 0. The summed E-state index contributed by atoms with van der Waals surface area (Å²) in [5.41, 5.74) is 9.73. The van der Waals surface area contributed by atoms with Crippen LogP contribution in [0.25, 0.3) is 127 Å². The first-order valence-corrected chi connectivity index (χ1v) is 20.9. The first-order chi connectivity index (χ1) is 30.7. The Morgan fingerprint density at radius 2 is 0.919 bits per heavy atom. The molecular formula is C57H34N4O. The molecule has 288 valence electrons. The smallest absolute Gasteiger partial charge is 0.168 e. The molecule has 0 amide bonds. The van der Waals surface area contributed by atoms with Gasteiger partial charge in [-0.25, -0.2) is 15.0 Å². The van der Waals surface area contributed by atoms with Crippen LogP contribution in [0, 0.1) is 0 Å². The van der Waals surface area contributed by atoms with Gasteiger partial charge in [-0.1, -0.05) is 158 Å². The zero-order valence-corrected chi connectivity index (χ0v) is 33.3.